The zero-order valence-corrected chi connectivity index (χ0v) is 22.5. The minimum atomic E-state index is -1.11. The summed E-state index contributed by atoms with van der Waals surface area (Å²) in [6, 6.07) is -1.79. The minimum absolute atomic E-state index is 0.188. The lowest BCUT2D eigenvalue weighted by Crippen LogP contribution is -2.51. The summed E-state index contributed by atoms with van der Waals surface area (Å²) in [4.78, 5) is 36.4. The van der Waals surface area contributed by atoms with E-state index in [1.54, 1.807) is 0 Å². The van der Waals surface area contributed by atoms with Crippen LogP contribution >= 0.6 is 0 Å². The van der Waals surface area contributed by atoms with Crippen molar-refractivity contribution in [2.45, 2.75) is 122 Å². The number of nitrogens with two attached hydrogens (primary N) is 2. The van der Waals surface area contributed by atoms with Crippen LogP contribution in [0.2, 0.25) is 0 Å². The van der Waals surface area contributed by atoms with Gasteiger partial charge in [0.05, 0.1) is 0 Å². The Morgan fingerprint density at radius 2 is 1.28 bits per heavy atom. The van der Waals surface area contributed by atoms with Gasteiger partial charge in [-0.1, -0.05) is 63.3 Å². The molecule has 0 saturated carbocycles. The number of nitrogens with one attached hydrogen (secondary N) is 2. The van der Waals surface area contributed by atoms with Crippen molar-refractivity contribution in [1.29, 1.82) is 0 Å². The monoisotopic (exact) mass is 508 g/mol. The van der Waals surface area contributed by atoms with E-state index < -0.39 is 24.0 Å². The fourth-order valence-corrected chi connectivity index (χ4v) is 3.81. The molecule has 0 aliphatic heterocycles. The minimum Gasteiger partial charge on any atom is -0.480 e. The van der Waals surface area contributed by atoms with E-state index in [1.807, 2.05) is 0 Å². The normalized spacial score (nSPS) is 13.2. The molecule has 2 atom stereocenters. The average molecular weight is 509 g/mol. The summed E-state index contributed by atoms with van der Waals surface area (Å²) in [6.07, 6.45) is 23.3. The molecule has 0 fully saturated rings. The number of allylic oxidation sites excluding steroid dienone is 4. The van der Waals surface area contributed by atoms with Crippen LogP contribution in [-0.2, 0) is 14.4 Å². The van der Waals surface area contributed by atoms with E-state index in [0.29, 0.717) is 38.8 Å². The van der Waals surface area contributed by atoms with Gasteiger partial charge in [0.25, 0.3) is 0 Å². The molecule has 0 saturated heterocycles. The lowest BCUT2D eigenvalue weighted by atomic mass is 10.1. The van der Waals surface area contributed by atoms with Crippen LogP contribution in [0.5, 0.6) is 0 Å². The van der Waals surface area contributed by atoms with E-state index in [2.05, 4.69) is 41.9 Å². The number of hydrogen-bond donors (Lipinski definition) is 5. The Hall–Kier alpha value is -2.19. The van der Waals surface area contributed by atoms with Gasteiger partial charge in [-0.05, 0) is 77.3 Å². The predicted octanol–water partition coefficient (Wildman–Crippen LogP) is 4.33. The van der Waals surface area contributed by atoms with Gasteiger partial charge in [0.2, 0.25) is 11.8 Å². The average Bonchev–Trinajstić information content (AvgIpc) is 2.86. The van der Waals surface area contributed by atoms with E-state index in [-0.39, 0.29) is 12.3 Å². The van der Waals surface area contributed by atoms with Gasteiger partial charge in [0.1, 0.15) is 12.1 Å². The molecule has 0 bridgehead atoms. The highest BCUT2D eigenvalue weighted by Gasteiger charge is 2.25. The smallest absolute Gasteiger partial charge is 0.326 e. The highest BCUT2D eigenvalue weighted by molar-refractivity contribution is 5.90. The second-order valence-corrected chi connectivity index (χ2v) is 9.36. The molecule has 0 aromatic heterocycles. The molecule has 0 aromatic rings. The summed E-state index contributed by atoms with van der Waals surface area (Å²) >= 11 is 0. The molecule has 0 spiro atoms. The summed E-state index contributed by atoms with van der Waals surface area (Å²) in [5.41, 5.74) is 11.0. The van der Waals surface area contributed by atoms with E-state index >= 15 is 0 Å². The number of amides is 2. The number of unbranched alkanes of at least 4 members (excludes halogenated alkanes) is 8. The van der Waals surface area contributed by atoms with Crippen LogP contribution in [0.4, 0.5) is 0 Å². The van der Waals surface area contributed by atoms with Gasteiger partial charge in [-0.15, -0.1) is 0 Å². The van der Waals surface area contributed by atoms with Gasteiger partial charge >= 0.3 is 5.97 Å². The number of carboxylic acid groups (broad SMARTS) is 1. The molecule has 8 heteroatoms. The lowest BCUT2D eigenvalue weighted by molar-refractivity contribution is -0.142. The Bertz CT molecular complexity index is 637. The first kappa shape index (κ1) is 33.8. The highest BCUT2D eigenvalue weighted by Crippen LogP contribution is 2.09. The third kappa shape index (κ3) is 20.0. The first-order valence-electron chi connectivity index (χ1n) is 14.0. The van der Waals surface area contributed by atoms with E-state index in [1.165, 1.54) is 25.7 Å². The van der Waals surface area contributed by atoms with Crippen LogP contribution in [0.15, 0.2) is 24.3 Å². The standard InChI is InChI=1S/C28H52N4O4/c1-2-3-4-5-6-7-8-9-10-11-12-13-14-15-16-21-26(33)31-24(19-17-22-29)27(34)32-25(28(35)36)20-18-23-30/h6-7,9-10,24-25H,2-5,8,11-23,29-30H2,1H3,(H,31,33)(H,32,34)(H,35,36)/b7-6-,10-9-. The number of carboxylic acids is 1. The van der Waals surface area contributed by atoms with Crippen molar-refractivity contribution in [1.82, 2.24) is 10.6 Å². The van der Waals surface area contributed by atoms with Crippen molar-refractivity contribution in [2.24, 2.45) is 11.5 Å². The third-order valence-corrected chi connectivity index (χ3v) is 6.01. The number of carbonyl (C=O) groups is 3. The van der Waals surface area contributed by atoms with Crippen LogP contribution < -0.4 is 22.1 Å². The van der Waals surface area contributed by atoms with Gasteiger partial charge < -0.3 is 27.2 Å². The summed E-state index contributed by atoms with van der Waals surface area (Å²) in [6.45, 7) is 2.96. The fourth-order valence-electron chi connectivity index (χ4n) is 3.81. The molecule has 0 rings (SSSR count). The third-order valence-electron chi connectivity index (χ3n) is 6.01. The summed E-state index contributed by atoms with van der Waals surface area (Å²) in [5.74, 6) is -1.78. The van der Waals surface area contributed by atoms with Crippen LogP contribution in [-0.4, -0.2) is 48.1 Å². The summed E-state index contributed by atoms with van der Waals surface area (Å²) in [7, 11) is 0. The fraction of sp³-hybridized carbons (Fsp3) is 0.750. The molecule has 2 amide bonds. The number of aliphatic carboxylic acids is 1. The van der Waals surface area contributed by atoms with Crippen molar-refractivity contribution in [2.75, 3.05) is 13.1 Å². The van der Waals surface area contributed by atoms with E-state index in [0.717, 1.165) is 44.9 Å². The Labute approximate surface area is 218 Å². The maximum Gasteiger partial charge on any atom is 0.326 e. The SMILES string of the molecule is CCCCC/C=C\C/C=C\CCCCCCCC(=O)NC(CCCN)C(=O)NC(CCCN)C(=O)O. The molecule has 0 heterocycles. The largest absolute Gasteiger partial charge is 0.480 e. The van der Waals surface area contributed by atoms with Crippen LogP contribution in [0, 0.1) is 0 Å². The lowest BCUT2D eigenvalue weighted by Gasteiger charge is -2.21. The summed E-state index contributed by atoms with van der Waals surface area (Å²) in [5, 5.41) is 14.6. The molecule has 0 radical (unpaired) electrons. The molecule has 36 heavy (non-hydrogen) atoms. The van der Waals surface area contributed by atoms with E-state index in [9.17, 15) is 19.5 Å². The predicted molar refractivity (Wildman–Crippen MR) is 147 cm³/mol. The van der Waals surface area contributed by atoms with Crippen LogP contribution in [0.1, 0.15) is 110 Å². The molecule has 0 aliphatic rings. The maximum absolute atomic E-state index is 12.6. The molecule has 208 valence electrons. The van der Waals surface area contributed by atoms with Crippen molar-refractivity contribution in [3.8, 4) is 0 Å². The molecule has 0 aliphatic carbocycles. The van der Waals surface area contributed by atoms with Gasteiger partial charge in [-0.2, -0.15) is 0 Å². The van der Waals surface area contributed by atoms with Gasteiger partial charge in [0.15, 0.2) is 0 Å². The molecule has 0 aromatic carbocycles. The first-order valence-corrected chi connectivity index (χ1v) is 14.0. The van der Waals surface area contributed by atoms with Crippen molar-refractivity contribution in [3.63, 3.8) is 0 Å². The Balaban J connectivity index is 4.11. The van der Waals surface area contributed by atoms with Crippen molar-refractivity contribution in [3.05, 3.63) is 24.3 Å². The second-order valence-electron chi connectivity index (χ2n) is 9.36. The Kier molecular flexibility index (Phi) is 23.0. The van der Waals surface area contributed by atoms with Gasteiger partial charge in [-0.3, -0.25) is 9.59 Å². The quantitative estimate of drug-likeness (QED) is 0.0968. The zero-order valence-electron chi connectivity index (χ0n) is 22.5. The number of carbonyl (C=O) groups excluding carboxylic acids is 2. The maximum atomic E-state index is 12.6. The highest BCUT2D eigenvalue weighted by atomic mass is 16.4. The number of hydrogen-bond acceptors (Lipinski definition) is 5. The van der Waals surface area contributed by atoms with Crippen LogP contribution in [0.25, 0.3) is 0 Å². The molecular weight excluding hydrogens is 456 g/mol. The first-order chi connectivity index (χ1) is 17.5. The molecular formula is C28H52N4O4. The molecule has 8 nitrogen and oxygen atoms in total. The van der Waals surface area contributed by atoms with Gasteiger partial charge in [0, 0.05) is 6.42 Å². The zero-order chi connectivity index (χ0) is 26.9. The van der Waals surface area contributed by atoms with Crippen LogP contribution in [0.3, 0.4) is 0 Å². The van der Waals surface area contributed by atoms with Crippen molar-refractivity contribution >= 4 is 17.8 Å². The molecule has 2 unspecified atom stereocenters. The van der Waals surface area contributed by atoms with Gasteiger partial charge in [-0.25, -0.2) is 4.79 Å². The Morgan fingerprint density at radius 1 is 0.722 bits per heavy atom. The topological polar surface area (TPSA) is 148 Å². The van der Waals surface area contributed by atoms with Crippen molar-refractivity contribution < 1.29 is 19.5 Å². The number of rotatable bonds is 24. The second kappa shape index (κ2) is 24.5. The molecule has 7 N–H and O–H groups in total. The summed E-state index contributed by atoms with van der Waals surface area (Å²) < 4.78 is 0. The Morgan fingerprint density at radius 3 is 1.86 bits per heavy atom. The van der Waals surface area contributed by atoms with E-state index in [4.69, 9.17) is 11.5 Å².